The van der Waals surface area contributed by atoms with Gasteiger partial charge in [-0.2, -0.15) is 0 Å². The Hall–Kier alpha value is -1.55. The number of hydrogen-bond acceptors (Lipinski definition) is 4. The number of carbonyl (C=O) groups excluding carboxylic acids is 2. The van der Waals surface area contributed by atoms with Crippen LogP contribution < -0.4 is 0 Å². The molecule has 1 aromatic heterocycles. The summed E-state index contributed by atoms with van der Waals surface area (Å²) in [6.45, 7) is 1.41. The average molecular weight is 219 g/mol. The molecule has 0 radical (unpaired) electrons. The highest BCUT2D eigenvalue weighted by Gasteiger charge is 2.13. The maximum absolute atomic E-state index is 11.6. The van der Waals surface area contributed by atoms with Crippen LogP contribution in [0.4, 0.5) is 0 Å². The topological polar surface area (TPSA) is 47.0 Å². The maximum atomic E-state index is 11.6. The first-order valence-electron chi connectivity index (χ1n) is 4.55. The normalized spacial score (nSPS) is 10.5. The van der Waals surface area contributed by atoms with Gasteiger partial charge in [0.05, 0.1) is 16.6 Å². The highest BCUT2D eigenvalue weighted by Crippen LogP contribution is 2.22. The highest BCUT2D eigenvalue weighted by molar-refractivity contribution is 7.20. The first-order chi connectivity index (χ1) is 7.16. The van der Waals surface area contributed by atoms with E-state index in [1.807, 2.05) is 24.3 Å². The van der Waals surface area contributed by atoms with E-state index < -0.39 is 0 Å². The number of rotatable bonds is 3. The van der Waals surface area contributed by atoms with Gasteiger partial charge in [0, 0.05) is 0 Å². The van der Waals surface area contributed by atoms with Crippen LogP contribution in [0.15, 0.2) is 24.3 Å². The third kappa shape index (κ3) is 2.10. The van der Waals surface area contributed by atoms with Gasteiger partial charge in [0.1, 0.15) is 5.78 Å². The van der Waals surface area contributed by atoms with Crippen molar-refractivity contribution in [2.75, 3.05) is 0 Å². The van der Waals surface area contributed by atoms with Gasteiger partial charge in [-0.15, -0.1) is 11.3 Å². The number of para-hydroxylation sites is 1. The SMILES string of the molecule is CC(=O)CC(=O)c1nc2ccccc2s1. The van der Waals surface area contributed by atoms with E-state index in [0.29, 0.717) is 5.01 Å². The molecule has 0 atom stereocenters. The summed E-state index contributed by atoms with van der Waals surface area (Å²) >= 11 is 1.33. The van der Waals surface area contributed by atoms with Crippen molar-refractivity contribution in [2.24, 2.45) is 0 Å². The van der Waals surface area contributed by atoms with Crippen LogP contribution in [0, 0.1) is 0 Å². The van der Waals surface area contributed by atoms with Gasteiger partial charge in [-0.05, 0) is 19.1 Å². The molecule has 0 saturated carbocycles. The summed E-state index contributed by atoms with van der Waals surface area (Å²) in [6, 6.07) is 7.55. The zero-order chi connectivity index (χ0) is 10.8. The number of ketones is 2. The van der Waals surface area contributed by atoms with Gasteiger partial charge in [0.2, 0.25) is 0 Å². The standard InChI is InChI=1S/C11H9NO2S/c1-7(13)6-9(14)11-12-8-4-2-3-5-10(8)15-11/h2-5H,6H2,1H3. The van der Waals surface area contributed by atoms with Gasteiger partial charge in [-0.1, -0.05) is 12.1 Å². The molecule has 0 amide bonds. The lowest BCUT2D eigenvalue weighted by molar-refractivity contribution is -0.116. The number of nitrogens with zero attached hydrogens (tertiary/aromatic N) is 1. The van der Waals surface area contributed by atoms with Gasteiger partial charge in [0.25, 0.3) is 0 Å². The van der Waals surface area contributed by atoms with Crippen molar-refractivity contribution in [3.05, 3.63) is 29.3 Å². The Labute approximate surface area is 90.8 Å². The van der Waals surface area contributed by atoms with Crippen molar-refractivity contribution in [3.8, 4) is 0 Å². The smallest absolute Gasteiger partial charge is 0.198 e. The summed E-state index contributed by atoms with van der Waals surface area (Å²) in [5, 5.41) is 0.423. The Morgan fingerprint density at radius 1 is 1.33 bits per heavy atom. The molecule has 2 rings (SSSR count). The molecule has 1 aromatic carbocycles. The van der Waals surface area contributed by atoms with Crippen molar-refractivity contribution in [2.45, 2.75) is 13.3 Å². The molecule has 0 aliphatic carbocycles. The number of thiazole rings is 1. The second kappa shape index (κ2) is 3.90. The second-order valence-corrected chi connectivity index (χ2v) is 4.32. The molecule has 0 bridgehead atoms. The molecule has 4 heteroatoms. The molecular weight excluding hydrogens is 210 g/mol. The summed E-state index contributed by atoms with van der Waals surface area (Å²) in [4.78, 5) is 26.5. The fraction of sp³-hybridized carbons (Fsp3) is 0.182. The molecule has 0 unspecified atom stereocenters. The Morgan fingerprint density at radius 3 is 2.73 bits per heavy atom. The van der Waals surface area contributed by atoms with E-state index in [-0.39, 0.29) is 18.0 Å². The van der Waals surface area contributed by atoms with Gasteiger partial charge in [0.15, 0.2) is 10.8 Å². The summed E-state index contributed by atoms with van der Waals surface area (Å²) in [5.41, 5.74) is 0.814. The molecule has 0 spiro atoms. The van der Waals surface area contributed by atoms with Crippen LogP contribution in [0.25, 0.3) is 10.2 Å². The van der Waals surface area contributed by atoms with Crippen molar-refractivity contribution >= 4 is 33.1 Å². The fourth-order valence-corrected chi connectivity index (χ4v) is 2.20. The summed E-state index contributed by atoms with van der Waals surface area (Å²) < 4.78 is 0.976. The molecular formula is C11H9NO2S. The van der Waals surface area contributed by atoms with Crippen molar-refractivity contribution in [1.82, 2.24) is 4.98 Å². The van der Waals surface area contributed by atoms with Crippen LogP contribution in [-0.2, 0) is 4.79 Å². The molecule has 2 aromatic rings. The molecule has 0 saturated heterocycles. The zero-order valence-electron chi connectivity index (χ0n) is 8.19. The maximum Gasteiger partial charge on any atom is 0.198 e. The number of hydrogen-bond donors (Lipinski definition) is 0. The number of carbonyl (C=O) groups is 2. The second-order valence-electron chi connectivity index (χ2n) is 3.29. The molecule has 3 nitrogen and oxygen atoms in total. The monoisotopic (exact) mass is 219 g/mol. The van der Waals surface area contributed by atoms with Crippen molar-refractivity contribution < 1.29 is 9.59 Å². The van der Waals surface area contributed by atoms with Gasteiger partial charge >= 0.3 is 0 Å². The predicted molar refractivity (Wildman–Crippen MR) is 59.2 cm³/mol. The first kappa shape index (κ1) is 9.98. The van der Waals surface area contributed by atoms with E-state index in [2.05, 4.69) is 4.98 Å². The third-order valence-electron chi connectivity index (χ3n) is 1.94. The predicted octanol–water partition coefficient (Wildman–Crippen LogP) is 2.46. The number of aromatic nitrogens is 1. The van der Waals surface area contributed by atoms with Crippen LogP contribution in [0.3, 0.4) is 0 Å². The molecule has 0 N–H and O–H groups in total. The van der Waals surface area contributed by atoms with Crippen LogP contribution in [0.2, 0.25) is 0 Å². The first-order valence-corrected chi connectivity index (χ1v) is 5.36. The van der Waals surface area contributed by atoms with E-state index in [0.717, 1.165) is 10.2 Å². The van der Waals surface area contributed by atoms with Crippen molar-refractivity contribution in [1.29, 1.82) is 0 Å². The molecule has 0 fully saturated rings. The molecule has 0 aliphatic heterocycles. The molecule has 76 valence electrons. The number of Topliss-reactive ketones (excluding diaryl/α,β-unsaturated/α-hetero) is 2. The minimum atomic E-state index is -0.191. The van der Waals surface area contributed by atoms with Crippen LogP contribution in [-0.4, -0.2) is 16.6 Å². The van der Waals surface area contributed by atoms with Gasteiger partial charge < -0.3 is 0 Å². The Balaban J connectivity index is 2.36. The summed E-state index contributed by atoms with van der Waals surface area (Å²) in [6.07, 6.45) is -0.0557. The number of benzene rings is 1. The fourth-order valence-electron chi connectivity index (χ4n) is 1.29. The van der Waals surface area contributed by atoms with Crippen LogP contribution >= 0.6 is 11.3 Å². The van der Waals surface area contributed by atoms with E-state index in [1.165, 1.54) is 18.3 Å². The minimum Gasteiger partial charge on any atom is -0.300 e. The molecule has 15 heavy (non-hydrogen) atoms. The zero-order valence-corrected chi connectivity index (χ0v) is 9.00. The van der Waals surface area contributed by atoms with E-state index in [1.54, 1.807) is 0 Å². The summed E-state index contributed by atoms with van der Waals surface area (Å²) in [5.74, 6) is -0.317. The van der Waals surface area contributed by atoms with Crippen LogP contribution in [0.5, 0.6) is 0 Å². The average Bonchev–Trinajstić information content (AvgIpc) is 2.59. The quantitative estimate of drug-likeness (QED) is 0.588. The number of fused-ring (bicyclic) bond motifs is 1. The Kier molecular flexibility index (Phi) is 2.60. The van der Waals surface area contributed by atoms with E-state index in [4.69, 9.17) is 0 Å². The lowest BCUT2D eigenvalue weighted by atomic mass is 10.2. The van der Waals surface area contributed by atoms with Crippen LogP contribution in [0.1, 0.15) is 23.1 Å². The van der Waals surface area contributed by atoms with E-state index >= 15 is 0 Å². The Morgan fingerprint density at radius 2 is 2.07 bits per heavy atom. The minimum absolute atomic E-state index is 0.0557. The summed E-state index contributed by atoms with van der Waals surface area (Å²) in [7, 11) is 0. The highest BCUT2D eigenvalue weighted by atomic mass is 32.1. The molecule has 0 aliphatic rings. The van der Waals surface area contributed by atoms with Crippen molar-refractivity contribution in [3.63, 3.8) is 0 Å². The van der Waals surface area contributed by atoms with E-state index in [9.17, 15) is 9.59 Å². The lowest BCUT2D eigenvalue weighted by Gasteiger charge is -1.89. The largest absolute Gasteiger partial charge is 0.300 e. The molecule has 1 heterocycles. The lowest BCUT2D eigenvalue weighted by Crippen LogP contribution is -2.03. The van der Waals surface area contributed by atoms with Gasteiger partial charge in [-0.3, -0.25) is 9.59 Å². The van der Waals surface area contributed by atoms with Gasteiger partial charge in [-0.25, -0.2) is 4.98 Å². The third-order valence-corrected chi connectivity index (χ3v) is 3.02. The Bertz CT molecular complexity index is 497.